The SMILES string of the molecule is COc1ccc2c3c1O[C@@H]1C[C@@](O)(CCC1=O)[C@@H](C2)N(C)CCC3. The van der Waals surface area contributed by atoms with Gasteiger partial charge in [0, 0.05) is 24.4 Å². The van der Waals surface area contributed by atoms with Crippen molar-refractivity contribution < 1.29 is 19.4 Å². The second-order valence-electron chi connectivity index (χ2n) is 7.42. The molecule has 0 amide bonds. The van der Waals surface area contributed by atoms with Crippen molar-refractivity contribution in [2.45, 2.75) is 56.3 Å². The van der Waals surface area contributed by atoms with Crippen molar-refractivity contribution in [2.75, 3.05) is 20.7 Å². The number of carbonyl (C=O) groups excluding carboxylic acids is 1. The van der Waals surface area contributed by atoms with Crippen molar-refractivity contribution in [3.05, 3.63) is 23.3 Å². The van der Waals surface area contributed by atoms with Gasteiger partial charge in [-0.3, -0.25) is 4.79 Å². The van der Waals surface area contributed by atoms with E-state index in [-0.39, 0.29) is 11.8 Å². The summed E-state index contributed by atoms with van der Waals surface area (Å²) in [5.74, 6) is 1.48. The lowest BCUT2D eigenvalue weighted by Crippen LogP contribution is -2.58. The van der Waals surface area contributed by atoms with Crippen molar-refractivity contribution >= 4 is 5.78 Å². The van der Waals surface area contributed by atoms with Gasteiger partial charge in [0.25, 0.3) is 0 Å². The minimum absolute atomic E-state index is 0.00935. The zero-order valence-electron chi connectivity index (χ0n) is 14.4. The number of hydrogen-bond donors (Lipinski definition) is 1. The molecule has 0 spiro atoms. The van der Waals surface area contributed by atoms with Gasteiger partial charge in [-0.25, -0.2) is 0 Å². The van der Waals surface area contributed by atoms with Crippen molar-refractivity contribution in [3.8, 4) is 11.5 Å². The lowest BCUT2D eigenvalue weighted by molar-refractivity contribution is -0.142. The van der Waals surface area contributed by atoms with Gasteiger partial charge in [-0.1, -0.05) is 6.07 Å². The largest absolute Gasteiger partial charge is 0.493 e. The molecule has 5 heteroatoms. The van der Waals surface area contributed by atoms with E-state index in [1.807, 2.05) is 6.07 Å². The number of nitrogens with zero attached hydrogens (tertiary/aromatic N) is 1. The van der Waals surface area contributed by atoms with Crippen LogP contribution in [0.4, 0.5) is 0 Å². The fraction of sp³-hybridized carbons (Fsp3) is 0.632. The highest BCUT2D eigenvalue weighted by atomic mass is 16.5. The minimum Gasteiger partial charge on any atom is -0.493 e. The fourth-order valence-electron chi connectivity index (χ4n) is 4.62. The molecule has 0 radical (unpaired) electrons. The monoisotopic (exact) mass is 331 g/mol. The molecule has 1 fully saturated rings. The molecule has 2 aliphatic heterocycles. The molecule has 2 heterocycles. The number of ether oxygens (including phenoxy) is 2. The zero-order valence-corrected chi connectivity index (χ0v) is 14.4. The van der Waals surface area contributed by atoms with Gasteiger partial charge in [-0.05, 0) is 50.9 Å². The number of Topliss-reactive ketones (excluding diaryl/α,β-unsaturated/α-hetero) is 1. The van der Waals surface area contributed by atoms with Gasteiger partial charge in [0.05, 0.1) is 12.7 Å². The highest BCUT2D eigenvalue weighted by Crippen LogP contribution is 2.43. The van der Waals surface area contributed by atoms with Gasteiger partial charge < -0.3 is 19.5 Å². The number of likely N-dealkylation sites (N-methyl/N-ethyl adjacent to an activating group) is 1. The second-order valence-corrected chi connectivity index (χ2v) is 7.42. The summed E-state index contributed by atoms with van der Waals surface area (Å²) in [6, 6.07) is 4.03. The molecule has 1 aromatic rings. The molecule has 3 atom stereocenters. The molecule has 130 valence electrons. The number of methoxy groups -OCH3 is 1. The van der Waals surface area contributed by atoms with Gasteiger partial charge >= 0.3 is 0 Å². The van der Waals surface area contributed by atoms with Gasteiger partial charge in [0.2, 0.25) is 0 Å². The average molecular weight is 331 g/mol. The first-order chi connectivity index (χ1) is 11.5. The minimum atomic E-state index is -0.887. The molecule has 0 saturated heterocycles. The van der Waals surface area contributed by atoms with E-state index in [1.54, 1.807) is 7.11 Å². The molecule has 24 heavy (non-hydrogen) atoms. The Morgan fingerprint density at radius 3 is 3.00 bits per heavy atom. The van der Waals surface area contributed by atoms with E-state index in [2.05, 4.69) is 18.0 Å². The topological polar surface area (TPSA) is 59.0 Å². The summed E-state index contributed by atoms with van der Waals surface area (Å²) in [4.78, 5) is 14.7. The molecule has 1 aliphatic carbocycles. The number of rotatable bonds is 1. The van der Waals surface area contributed by atoms with E-state index in [1.165, 1.54) is 5.56 Å². The third-order valence-corrected chi connectivity index (χ3v) is 6.01. The van der Waals surface area contributed by atoms with Crippen LogP contribution in [0.15, 0.2) is 12.1 Å². The summed E-state index contributed by atoms with van der Waals surface area (Å²) in [6.45, 7) is 0.932. The third-order valence-electron chi connectivity index (χ3n) is 6.01. The van der Waals surface area contributed by atoms with E-state index in [4.69, 9.17) is 9.47 Å². The molecule has 6 bridgehead atoms. The van der Waals surface area contributed by atoms with Crippen LogP contribution in [0, 0.1) is 0 Å². The third kappa shape index (κ3) is 2.42. The number of hydrogen-bond acceptors (Lipinski definition) is 5. The zero-order chi connectivity index (χ0) is 16.9. The molecule has 1 saturated carbocycles. The lowest BCUT2D eigenvalue weighted by Gasteiger charge is -2.45. The van der Waals surface area contributed by atoms with Gasteiger partial charge in [-0.15, -0.1) is 0 Å². The summed E-state index contributed by atoms with van der Waals surface area (Å²) < 4.78 is 11.7. The maximum absolute atomic E-state index is 12.4. The molecule has 3 aliphatic rings. The first-order valence-corrected chi connectivity index (χ1v) is 8.82. The highest BCUT2D eigenvalue weighted by molar-refractivity contribution is 5.84. The summed E-state index contributed by atoms with van der Waals surface area (Å²) >= 11 is 0. The van der Waals surface area contributed by atoms with E-state index >= 15 is 0 Å². The Kier molecular flexibility index (Phi) is 3.81. The first kappa shape index (κ1) is 15.9. The van der Waals surface area contributed by atoms with Crippen molar-refractivity contribution in [3.63, 3.8) is 0 Å². The smallest absolute Gasteiger partial charge is 0.173 e. The molecular weight excluding hydrogens is 306 g/mol. The quantitative estimate of drug-likeness (QED) is 0.849. The Hall–Kier alpha value is -1.59. The molecule has 1 aromatic carbocycles. The van der Waals surface area contributed by atoms with Crippen LogP contribution >= 0.6 is 0 Å². The van der Waals surface area contributed by atoms with Crippen LogP contribution in [0.25, 0.3) is 0 Å². The van der Waals surface area contributed by atoms with E-state index in [9.17, 15) is 9.90 Å². The van der Waals surface area contributed by atoms with E-state index in [0.717, 1.165) is 31.4 Å². The normalized spacial score (nSPS) is 32.9. The fourth-order valence-corrected chi connectivity index (χ4v) is 4.62. The summed E-state index contributed by atoms with van der Waals surface area (Å²) in [5, 5.41) is 11.4. The molecule has 4 rings (SSSR count). The predicted molar refractivity (Wildman–Crippen MR) is 89.7 cm³/mol. The van der Waals surface area contributed by atoms with Crippen molar-refractivity contribution in [1.29, 1.82) is 0 Å². The van der Waals surface area contributed by atoms with E-state index < -0.39 is 11.7 Å². The average Bonchev–Trinajstić information content (AvgIpc) is 2.56. The Morgan fingerprint density at radius 1 is 1.38 bits per heavy atom. The van der Waals surface area contributed by atoms with Crippen molar-refractivity contribution in [1.82, 2.24) is 4.90 Å². The van der Waals surface area contributed by atoms with Crippen LogP contribution in [-0.2, 0) is 17.6 Å². The van der Waals surface area contributed by atoms with Crippen LogP contribution in [0.3, 0.4) is 0 Å². The van der Waals surface area contributed by atoms with Crippen LogP contribution in [-0.4, -0.2) is 54.2 Å². The molecular formula is C19H25NO4. The van der Waals surface area contributed by atoms with Gasteiger partial charge in [0.1, 0.15) is 0 Å². The van der Waals surface area contributed by atoms with Gasteiger partial charge in [0.15, 0.2) is 23.4 Å². The summed E-state index contributed by atoms with van der Waals surface area (Å²) in [5.41, 5.74) is 1.47. The number of carbonyl (C=O) groups is 1. The molecule has 0 aromatic heterocycles. The highest BCUT2D eigenvalue weighted by Gasteiger charge is 2.48. The number of fused-ring (bicyclic) bond motifs is 4. The Morgan fingerprint density at radius 2 is 2.21 bits per heavy atom. The summed E-state index contributed by atoms with van der Waals surface area (Å²) in [7, 11) is 3.72. The Balaban J connectivity index is 1.91. The molecule has 5 nitrogen and oxygen atoms in total. The van der Waals surface area contributed by atoms with Crippen LogP contribution < -0.4 is 9.47 Å². The Labute approximate surface area is 142 Å². The maximum atomic E-state index is 12.4. The number of aliphatic hydroxyl groups is 1. The van der Waals surface area contributed by atoms with Crippen LogP contribution in [0.2, 0.25) is 0 Å². The van der Waals surface area contributed by atoms with Crippen LogP contribution in [0.1, 0.15) is 36.8 Å². The standard InChI is InChI=1S/C19H25NO4/c1-20-9-3-4-13-12-5-6-15(23-2)18(13)24-16-11-19(22,17(20)10-12)8-7-14(16)21/h5-6,16-17,22H,3-4,7-11H2,1-2H3/t16-,17-,19+/m1/s1. The first-order valence-electron chi connectivity index (χ1n) is 8.82. The van der Waals surface area contributed by atoms with E-state index in [0.29, 0.717) is 30.8 Å². The van der Waals surface area contributed by atoms with Crippen molar-refractivity contribution in [2.24, 2.45) is 0 Å². The molecule has 1 N–H and O–H groups in total. The molecule has 0 unspecified atom stereocenters. The second kappa shape index (κ2) is 5.74. The summed E-state index contributed by atoms with van der Waals surface area (Å²) in [6.07, 6.45) is 3.35. The predicted octanol–water partition coefficient (Wildman–Crippen LogP) is 1.73. The lowest BCUT2D eigenvalue weighted by atomic mass is 9.74. The van der Waals surface area contributed by atoms with Crippen LogP contribution in [0.5, 0.6) is 11.5 Å². The number of benzene rings is 1. The Bertz CT molecular complexity index is 674. The maximum Gasteiger partial charge on any atom is 0.173 e. The van der Waals surface area contributed by atoms with Gasteiger partial charge in [-0.2, -0.15) is 0 Å². The number of ketones is 1.